The highest BCUT2D eigenvalue weighted by Crippen LogP contribution is 2.25. The molecule has 29 heteroatoms. The Kier molecular flexibility index (Phi) is 30.3. The lowest BCUT2D eigenvalue weighted by molar-refractivity contribution is -0.170. The van der Waals surface area contributed by atoms with E-state index in [-0.39, 0.29) is 12.8 Å². The summed E-state index contributed by atoms with van der Waals surface area (Å²) in [6.07, 6.45) is -1.05. The van der Waals surface area contributed by atoms with E-state index in [0.29, 0.717) is 18.4 Å². The van der Waals surface area contributed by atoms with E-state index in [2.05, 4.69) is 0 Å². The average molecular weight is 718 g/mol. The molecule has 26 nitrogen and oxygen atoms in total. The van der Waals surface area contributed by atoms with Gasteiger partial charge in [-0.3, -0.25) is 32.8 Å². The van der Waals surface area contributed by atoms with Crippen molar-refractivity contribution in [2.75, 3.05) is 6.26 Å². The lowest BCUT2D eigenvalue weighted by Gasteiger charge is -2.18. The van der Waals surface area contributed by atoms with Gasteiger partial charge in [-0.2, -0.15) is 16.8 Å². The van der Waals surface area contributed by atoms with Gasteiger partial charge >= 0.3 is 60.0 Å². The fourth-order valence-corrected chi connectivity index (χ4v) is 1.07. The lowest BCUT2D eigenvalue weighted by Crippen LogP contribution is -2.42. The standard InChI is InChI=1S/C6H8O7.C4H6O4.C4H4O4.CH4O3S.H3O4P.H2O4S/c7-3(8)1-6(13,5(11)12)2-4(9)10;2*5-3(6)1-2-4(7)8;3*1-5(2,3)4/h13H,1-2H2,(H,7,8)(H,9,10)(H,11,12);1-2H2,(H,5,6)(H,7,8);1-2H,(H,5,6)(H,7,8);1H3,(H,2,3,4);(H3,1,2,3,4);(H2,1,2,3,4). The van der Waals surface area contributed by atoms with Gasteiger partial charge in [-0.05, 0) is 0 Å². The highest BCUT2D eigenvalue weighted by Gasteiger charge is 2.40. The molecule has 0 heterocycles. The van der Waals surface area contributed by atoms with Gasteiger partial charge in [-0.15, -0.1) is 0 Å². The van der Waals surface area contributed by atoms with Gasteiger partial charge in [0.05, 0.1) is 31.9 Å². The fraction of sp³-hybridized carbons (Fsp3) is 0.400. The average Bonchev–Trinajstić information content (AvgIpc) is 2.66. The maximum Gasteiger partial charge on any atom is 0.466 e. The molecule has 0 aliphatic rings. The summed E-state index contributed by atoms with van der Waals surface area (Å²) < 4.78 is 66.3. The Labute approximate surface area is 244 Å². The summed E-state index contributed by atoms with van der Waals surface area (Å²) in [5.41, 5.74) is -2.74. The van der Waals surface area contributed by atoms with Crippen LogP contribution in [0.15, 0.2) is 12.2 Å². The van der Waals surface area contributed by atoms with Crippen LogP contribution >= 0.6 is 7.82 Å². The monoisotopic (exact) mass is 718 g/mol. The van der Waals surface area contributed by atoms with Crippen LogP contribution in [0, 0.1) is 0 Å². The second-order valence-corrected chi connectivity index (χ2v) is 9.86. The van der Waals surface area contributed by atoms with Crippen molar-refractivity contribution in [3.8, 4) is 0 Å². The van der Waals surface area contributed by atoms with E-state index in [1.54, 1.807) is 0 Å². The molecule has 0 spiro atoms. The summed E-state index contributed by atoms with van der Waals surface area (Å²) in [5.74, 6) is -9.69. The summed E-state index contributed by atoms with van der Waals surface area (Å²) in [7, 11) is -13.0. The molecule has 0 aromatic rings. The molecule has 0 unspecified atom stereocenters. The predicted octanol–water partition coefficient (Wildman–Crippen LogP) is -3.68. The zero-order chi connectivity index (χ0) is 37.3. The number of carbonyl (C=O) groups is 7. The topological polar surface area (TPSA) is 488 Å². The first-order chi connectivity index (χ1) is 19.0. The van der Waals surface area contributed by atoms with Crippen molar-refractivity contribution in [1.82, 2.24) is 0 Å². The zero-order valence-corrected chi connectivity index (χ0v) is 23.9. The first-order valence-corrected chi connectivity index (χ1v) is 14.2. The smallest absolute Gasteiger partial charge is 0.466 e. The molecular weight excluding hydrogens is 691 g/mol. The van der Waals surface area contributed by atoms with Crippen LogP contribution in [0.2, 0.25) is 0 Å². The minimum absolute atomic E-state index is 0.296. The van der Waals surface area contributed by atoms with Crippen molar-refractivity contribution in [2.45, 2.75) is 31.3 Å². The summed E-state index contributed by atoms with van der Waals surface area (Å²) in [6.45, 7) is 0. The number of carboxylic acid groups (broad SMARTS) is 7. The van der Waals surface area contributed by atoms with Gasteiger partial charge in [0.25, 0.3) is 10.1 Å². The van der Waals surface area contributed by atoms with E-state index in [4.69, 9.17) is 82.2 Å². The van der Waals surface area contributed by atoms with Crippen LogP contribution in [0.25, 0.3) is 0 Å². The molecular formula is C15H27O26PS2. The van der Waals surface area contributed by atoms with Gasteiger partial charge in [-0.1, -0.05) is 0 Å². The molecule has 44 heavy (non-hydrogen) atoms. The van der Waals surface area contributed by atoms with E-state index in [0.717, 1.165) is 0 Å². The van der Waals surface area contributed by atoms with Crippen LogP contribution in [0.4, 0.5) is 0 Å². The normalized spacial score (nSPS) is 10.5. The molecule has 260 valence electrons. The number of aliphatic carboxylic acids is 7. The van der Waals surface area contributed by atoms with Crippen molar-refractivity contribution in [2.24, 2.45) is 0 Å². The molecule has 0 aliphatic heterocycles. The Morgan fingerprint density at radius 1 is 0.614 bits per heavy atom. The molecule has 0 saturated heterocycles. The molecule has 0 aliphatic carbocycles. The number of hydrogen-bond acceptors (Lipinski definition) is 13. The highest BCUT2D eigenvalue weighted by molar-refractivity contribution is 7.85. The second kappa shape index (κ2) is 25.4. The Morgan fingerprint density at radius 3 is 0.886 bits per heavy atom. The maximum absolute atomic E-state index is 10.3. The Hall–Kier alpha value is -4.12. The summed E-state index contributed by atoms with van der Waals surface area (Å²) >= 11 is 0. The molecule has 0 atom stereocenters. The van der Waals surface area contributed by atoms with Gasteiger partial charge < -0.3 is 55.5 Å². The van der Waals surface area contributed by atoms with Crippen LogP contribution in [0.3, 0.4) is 0 Å². The first-order valence-electron chi connectivity index (χ1n) is 9.40. The molecule has 0 radical (unpaired) electrons. The van der Waals surface area contributed by atoms with Gasteiger partial charge in [0.1, 0.15) is 0 Å². The van der Waals surface area contributed by atoms with Crippen molar-refractivity contribution in [3.63, 3.8) is 0 Å². The predicted molar refractivity (Wildman–Crippen MR) is 132 cm³/mol. The van der Waals surface area contributed by atoms with Gasteiger partial charge in [-0.25, -0.2) is 18.9 Å². The SMILES string of the molecule is CS(=O)(=O)O.O=C(O)C=CC(=O)O.O=C(O)CC(O)(CC(=O)O)C(=O)O.O=C(O)CCC(=O)O.O=P(O)(O)O.O=S(=O)(O)O. The maximum atomic E-state index is 10.3. The van der Waals surface area contributed by atoms with E-state index in [1.165, 1.54) is 0 Å². The van der Waals surface area contributed by atoms with Gasteiger partial charge in [0.15, 0.2) is 5.60 Å². The third-order valence-corrected chi connectivity index (χ3v) is 2.21. The number of rotatable bonds is 10. The fourth-order valence-electron chi connectivity index (χ4n) is 1.07. The van der Waals surface area contributed by atoms with Gasteiger partial charge in [0, 0.05) is 12.2 Å². The Bertz CT molecular complexity index is 1140. The Morgan fingerprint density at radius 2 is 0.795 bits per heavy atom. The number of carboxylic acids is 7. The minimum Gasteiger partial charge on any atom is -0.481 e. The number of phosphoric acid groups is 1. The lowest BCUT2D eigenvalue weighted by atomic mass is 9.96. The second-order valence-electron chi connectivity index (χ2n) is 6.47. The number of aliphatic hydroxyl groups is 1. The molecule has 0 aromatic carbocycles. The minimum atomic E-state index is -4.67. The van der Waals surface area contributed by atoms with Crippen LogP contribution in [0.1, 0.15) is 25.7 Å². The van der Waals surface area contributed by atoms with Crippen molar-refractivity contribution in [3.05, 3.63) is 12.2 Å². The van der Waals surface area contributed by atoms with Gasteiger partial charge in [0.2, 0.25) is 0 Å². The van der Waals surface area contributed by atoms with Crippen LogP contribution < -0.4 is 0 Å². The van der Waals surface area contributed by atoms with Crippen LogP contribution in [-0.2, 0) is 58.6 Å². The zero-order valence-electron chi connectivity index (χ0n) is 21.4. The van der Waals surface area contributed by atoms with E-state index >= 15 is 0 Å². The molecule has 0 amide bonds. The molecule has 0 fully saturated rings. The Balaban J connectivity index is -0.000000103. The summed E-state index contributed by atoms with van der Waals surface area (Å²) in [4.78, 5) is 90.4. The summed E-state index contributed by atoms with van der Waals surface area (Å²) in [6, 6.07) is 0. The number of hydrogen-bond donors (Lipinski definition) is 14. The molecule has 0 saturated carbocycles. The first kappa shape index (κ1) is 52.5. The quantitative estimate of drug-likeness (QED) is 0.0587. The summed E-state index contributed by atoms with van der Waals surface area (Å²) in [5, 5.41) is 65.2. The molecule has 0 bridgehead atoms. The van der Waals surface area contributed by atoms with Crippen molar-refractivity contribution < 1.29 is 124 Å². The molecule has 0 rings (SSSR count). The third kappa shape index (κ3) is 108. The van der Waals surface area contributed by atoms with Crippen LogP contribution in [0.5, 0.6) is 0 Å². The van der Waals surface area contributed by atoms with Crippen molar-refractivity contribution in [1.29, 1.82) is 0 Å². The van der Waals surface area contributed by atoms with E-state index in [1.807, 2.05) is 0 Å². The largest absolute Gasteiger partial charge is 0.481 e. The van der Waals surface area contributed by atoms with E-state index in [9.17, 15) is 42.0 Å². The highest BCUT2D eigenvalue weighted by atomic mass is 32.3. The molecule has 0 aromatic heterocycles. The third-order valence-electron chi connectivity index (χ3n) is 2.21. The van der Waals surface area contributed by atoms with Crippen molar-refractivity contribution >= 4 is 70.1 Å². The van der Waals surface area contributed by atoms with E-state index < -0.39 is 88.6 Å². The molecule has 14 N–H and O–H groups in total. The van der Waals surface area contributed by atoms with Crippen LogP contribution in [-0.4, -0.2) is 140 Å².